The van der Waals surface area contributed by atoms with E-state index in [4.69, 9.17) is 27.9 Å². The molecule has 0 aliphatic heterocycles. The lowest BCUT2D eigenvalue weighted by Crippen LogP contribution is -2.20. The molecule has 7 heteroatoms. The van der Waals surface area contributed by atoms with Crippen LogP contribution in [0.4, 0.5) is 4.39 Å². The normalized spacial score (nSPS) is 12.0. The molecule has 0 radical (unpaired) electrons. The maximum absolute atomic E-state index is 13.6. The number of hydrogen-bond acceptors (Lipinski definition) is 4. The molecule has 0 aromatic heterocycles. The number of hydrogen-bond donors (Lipinski definition) is 0. The summed E-state index contributed by atoms with van der Waals surface area (Å²) in [6, 6.07) is 2.28. The Labute approximate surface area is 137 Å². The van der Waals surface area contributed by atoms with Crippen LogP contribution in [0.1, 0.15) is 37.0 Å². The molecule has 0 heterocycles. The maximum atomic E-state index is 13.6. The second-order valence-electron chi connectivity index (χ2n) is 4.18. The van der Waals surface area contributed by atoms with Crippen molar-refractivity contribution < 1.29 is 18.7 Å². The Morgan fingerprint density at radius 2 is 2.05 bits per heavy atom. The van der Waals surface area contributed by atoms with Crippen LogP contribution in [-0.4, -0.2) is 23.1 Å². The van der Waals surface area contributed by atoms with Gasteiger partial charge in [-0.2, -0.15) is 0 Å². The molecule has 0 saturated heterocycles. The standard InChI is InChI=1S/C14H15Cl2FO3S/c1-3-5-11(14(19)20-4-2)21-12-6-8(13(16)18)10(17)7-9(12)15/h6-7,11H,3-5H2,1-2H3. The summed E-state index contributed by atoms with van der Waals surface area (Å²) in [7, 11) is 0. The molecule has 1 rings (SSSR count). The van der Waals surface area contributed by atoms with Gasteiger partial charge < -0.3 is 4.74 Å². The minimum Gasteiger partial charge on any atom is -0.465 e. The number of benzene rings is 1. The molecule has 0 amide bonds. The van der Waals surface area contributed by atoms with Crippen molar-refractivity contribution in [2.45, 2.75) is 36.8 Å². The minimum atomic E-state index is -0.908. The first-order chi connectivity index (χ1) is 9.90. The fraction of sp³-hybridized carbons (Fsp3) is 0.429. The van der Waals surface area contributed by atoms with Crippen LogP contribution in [0.25, 0.3) is 0 Å². The Hall–Kier alpha value is -0.780. The highest BCUT2D eigenvalue weighted by molar-refractivity contribution is 8.00. The van der Waals surface area contributed by atoms with E-state index in [-0.39, 0.29) is 23.2 Å². The number of halogens is 3. The van der Waals surface area contributed by atoms with Crippen molar-refractivity contribution >= 4 is 46.2 Å². The van der Waals surface area contributed by atoms with Gasteiger partial charge in [0.2, 0.25) is 0 Å². The van der Waals surface area contributed by atoms with Crippen molar-refractivity contribution in [2.75, 3.05) is 6.61 Å². The van der Waals surface area contributed by atoms with Crippen molar-refractivity contribution in [3.05, 3.63) is 28.5 Å². The summed E-state index contributed by atoms with van der Waals surface area (Å²) >= 11 is 12.4. The topological polar surface area (TPSA) is 43.4 Å². The molecule has 1 aromatic carbocycles. The molecular formula is C14H15Cl2FO3S. The van der Waals surface area contributed by atoms with Gasteiger partial charge in [0.25, 0.3) is 5.24 Å². The highest BCUT2D eigenvalue weighted by Gasteiger charge is 2.23. The Balaban J connectivity index is 3.05. The van der Waals surface area contributed by atoms with Gasteiger partial charge in [0.1, 0.15) is 11.1 Å². The second kappa shape index (κ2) is 8.61. The van der Waals surface area contributed by atoms with E-state index in [1.54, 1.807) is 6.92 Å². The third-order valence-corrected chi connectivity index (χ3v) is 4.54. The quantitative estimate of drug-likeness (QED) is 0.405. The number of esters is 1. The maximum Gasteiger partial charge on any atom is 0.319 e. The first-order valence-corrected chi connectivity index (χ1v) is 8.06. The van der Waals surface area contributed by atoms with Gasteiger partial charge in [-0.1, -0.05) is 24.9 Å². The number of thioether (sulfide) groups is 1. The average Bonchev–Trinajstić information content (AvgIpc) is 2.40. The van der Waals surface area contributed by atoms with Crippen LogP contribution in [-0.2, 0) is 9.53 Å². The van der Waals surface area contributed by atoms with Gasteiger partial charge in [-0.05, 0) is 37.1 Å². The first kappa shape index (κ1) is 18.3. The van der Waals surface area contributed by atoms with E-state index in [2.05, 4.69) is 0 Å². The van der Waals surface area contributed by atoms with Crippen LogP contribution in [0.2, 0.25) is 5.02 Å². The van der Waals surface area contributed by atoms with Gasteiger partial charge in [0.15, 0.2) is 0 Å². The van der Waals surface area contributed by atoms with E-state index in [0.29, 0.717) is 11.3 Å². The molecule has 0 spiro atoms. The number of carbonyl (C=O) groups excluding carboxylic acids is 2. The molecule has 3 nitrogen and oxygen atoms in total. The van der Waals surface area contributed by atoms with Crippen LogP contribution >= 0.6 is 35.0 Å². The predicted molar refractivity (Wildman–Crippen MR) is 82.8 cm³/mol. The lowest BCUT2D eigenvalue weighted by Gasteiger charge is -2.15. The summed E-state index contributed by atoms with van der Waals surface area (Å²) in [5.74, 6) is -1.14. The fourth-order valence-electron chi connectivity index (χ4n) is 1.65. The van der Waals surface area contributed by atoms with Gasteiger partial charge in [-0.25, -0.2) is 4.39 Å². The van der Waals surface area contributed by atoms with Gasteiger partial charge in [0.05, 0.1) is 17.2 Å². The molecule has 1 aromatic rings. The highest BCUT2D eigenvalue weighted by Crippen LogP contribution is 2.35. The van der Waals surface area contributed by atoms with Crippen molar-refractivity contribution in [3.63, 3.8) is 0 Å². The average molecular weight is 353 g/mol. The zero-order chi connectivity index (χ0) is 16.0. The molecule has 116 valence electrons. The molecule has 1 unspecified atom stereocenters. The Bertz CT molecular complexity index is 537. The van der Waals surface area contributed by atoms with Crippen LogP contribution in [0.5, 0.6) is 0 Å². The number of ether oxygens (including phenoxy) is 1. The summed E-state index contributed by atoms with van der Waals surface area (Å²) in [6.07, 6.45) is 1.36. The minimum absolute atomic E-state index is 0.129. The van der Waals surface area contributed by atoms with Gasteiger partial charge in [0, 0.05) is 4.90 Å². The summed E-state index contributed by atoms with van der Waals surface area (Å²) in [5.41, 5.74) is -0.261. The Morgan fingerprint density at radius 3 is 2.57 bits per heavy atom. The summed E-state index contributed by atoms with van der Waals surface area (Å²) in [4.78, 5) is 23.5. The molecule has 0 aliphatic rings. The highest BCUT2D eigenvalue weighted by atomic mass is 35.5. The molecular weight excluding hydrogens is 338 g/mol. The van der Waals surface area contributed by atoms with Gasteiger partial charge in [-0.3, -0.25) is 9.59 Å². The summed E-state index contributed by atoms with van der Waals surface area (Å²) < 4.78 is 18.6. The van der Waals surface area contributed by atoms with E-state index < -0.39 is 16.3 Å². The third kappa shape index (κ3) is 5.16. The zero-order valence-electron chi connectivity index (χ0n) is 11.6. The zero-order valence-corrected chi connectivity index (χ0v) is 13.9. The van der Waals surface area contributed by atoms with Crippen LogP contribution < -0.4 is 0 Å². The Kier molecular flexibility index (Phi) is 7.49. The van der Waals surface area contributed by atoms with Gasteiger partial charge in [-0.15, -0.1) is 11.8 Å². The molecule has 0 saturated carbocycles. The van der Waals surface area contributed by atoms with Gasteiger partial charge >= 0.3 is 5.97 Å². The second-order valence-corrected chi connectivity index (χ2v) is 6.18. The van der Waals surface area contributed by atoms with Crippen LogP contribution in [0.15, 0.2) is 17.0 Å². The summed E-state index contributed by atoms with van der Waals surface area (Å²) in [6.45, 7) is 3.94. The van der Waals surface area contributed by atoms with E-state index in [1.807, 2.05) is 6.92 Å². The Morgan fingerprint density at radius 1 is 1.38 bits per heavy atom. The molecule has 21 heavy (non-hydrogen) atoms. The van der Waals surface area contributed by atoms with E-state index in [0.717, 1.165) is 24.2 Å². The van der Waals surface area contributed by atoms with Crippen molar-refractivity contribution in [3.8, 4) is 0 Å². The summed E-state index contributed by atoms with van der Waals surface area (Å²) in [5, 5.41) is -1.24. The fourth-order valence-corrected chi connectivity index (χ4v) is 3.26. The molecule has 0 aliphatic carbocycles. The van der Waals surface area contributed by atoms with E-state index in [1.165, 1.54) is 6.07 Å². The number of rotatable bonds is 7. The SMILES string of the molecule is CCCC(Sc1cc(C(=O)Cl)c(F)cc1Cl)C(=O)OCC. The monoisotopic (exact) mass is 352 g/mol. The van der Waals surface area contributed by atoms with Crippen molar-refractivity contribution in [1.29, 1.82) is 0 Å². The van der Waals surface area contributed by atoms with Crippen LogP contribution in [0.3, 0.4) is 0 Å². The van der Waals surface area contributed by atoms with Crippen LogP contribution in [0, 0.1) is 5.82 Å². The largest absolute Gasteiger partial charge is 0.465 e. The smallest absolute Gasteiger partial charge is 0.319 e. The van der Waals surface area contributed by atoms with E-state index in [9.17, 15) is 14.0 Å². The predicted octanol–water partition coefficient (Wildman–Crippen LogP) is 4.68. The van der Waals surface area contributed by atoms with Crippen molar-refractivity contribution in [1.82, 2.24) is 0 Å². The molecule has 0 fully saturated rings. The lowest BCUT2D eigenvalue weighted by atomic mass is 10.2. The van der Waals surface area contributed by atoms with E-state index >= 15 is 0 Å². The first-order valence-electron chi connectivity index (χ1n) is 6.42. The lowest BCUT2D eigenvalue weighted by molar-refractivity contribution is -0.142. The molecule has 1 atom stereocenters. The third-order valence-electron chi connectivity index (χ3n) is 2.60. The molecule has 0 N–H and O–H groups in total. The number of carbonyl (C=O) groups is 2. The van der Waals surface area contributed by atoms with Crippen molar-refractivity contribution in [2.24, 2.45) is 0 Å². The molecule has 0 bridgehead atoms.